The summed E-state index contributed by atoms with van der Waals surface area (Å²) in [7, 11) is 0. The van der Waals surface area contributed by atoms with Gasteiger partial charge in [0, 0.05) is 30.0 Å². The Morgan fingerprint density at radius 3 is 2.88 bits per heavy atom. The Kier molecular flexibility index (Phi) is 3.44. The molecule has 0 amide bonds. The molecule has 0 radical (unpaired) electrons. The first-order valence-corrected chi connectivity index (χ1v) is 5.46. The number of benzene rings is 1. The molecule has 1 aromatic heterocycles. The fourth-order valence-electron chi connectivity index (χ4n) is 1.42. The lowest BCUT2D eigenvalue weighted by atomic mass is 10.2. The van der Waals surface area contributed by atoms with Crippen LogP contribution in [0.4, 0.5) is 0 Å². The molecule has 0 aliphatic carbocycles. The van der Waals surface area contributed by atoms with E-state index in [1.165, 1.54) is 6.07 Å². The summed E-state index contributed by atoms with van der Waals surface area (Å²) < 4.78 is 10.5. The monoisotopic (exact) mass is 234 g/mol. The van der Waals surface area contributed by atoms with Gasteiger partial charge in [-0.2, -0.15) is 0 Å². The Morgan fingerprint density at radius 1 is 1.35 bits per heavy atom. The predicted octanol–water partition coefficient (Wildman–Crippen LogP) is 1.80. The van der Waals surface area contributed by atoms with E-state index in [9.17, 15) is 4.79 Å². The molecule has 0 saturated carbocycles. The van der Waals surface area contributed by atoms with Gasteiger partial charge in [-0.1, -0.05) is 6.92 Å². The molecule has 0 fully saturated rings. The Labute approximate surface area is 98.4 Å². The molecule has 1 N–H and O–H groups in total. The van der Waals surface area contributed by atoms with Gasteiger partial charge in [0.2, 0.25) is 0 Å². The maximum atomic E-state index is 11.1. The molecule has 1 aromatic carbocycles. The minimum absolute atomic E-state index is 0.0773. The first-order chi connectivity index (χ1) is 8.19. The molecule has 0 unspecified atom stereocenters. The number of fused-ring (bicyclic) bond motifs is 1. The summed E-state index contributed by atoms with van der Waals surface area (Å²) in [4.78, 5) is 11.1. The van der Waals surface area contributed by atoms with E-state index in [1.807, 2.05) is 19.1 Å². The smallest absolute Gasteiger partial charge is 0.336 e. The Morgan fingerprint density at radius 2 is 2.12 bits per heavy atom. The summed E-state index contributed by atoms with van der Waals surface area (Å²) in [6.07, 6.45) is 0. The summed E-state index contributed by atoms with van der Waals surface area (Å²) in [5, 5.41) is 9.73. The van der Waals surface area contributed by atoms with Crippen LogP contribution in [0.3, 0.4) is 0 Å². The zero-order valence-electron chi connectivity index (χ0n) is 9.55. The molecule has 1 heterocycles. The maximum absolute atomic E-state index is 11.1. The molecule has 90 valence electrons. The minimum Gasteiger partial charge on any atom is -0.493 e. The summed E-state index contributed by atoms with van der Waals surface area (Å²) in [6.45, 7) is 2.41. The number of ether oxygens (including phenoxy) is 1. The van der Waals surface area contributed by atoms with Crippen molar-refractivity contribution in [1.82, 2.24) is 0 Å². The van der Waals surface area contributed by atoms with Crippen LogP contribution in [0.15, 0.2) is 39.5 Å². The molecule has 4 heteroatoms. The lowest BCUT2D eigenvalue weighted by Gasteiger charge is -2.10. The van der Waals surface area contributed by atoms with Crippen molar-refractivity contribution in [2.24, 2.45) is 5.92 Å². The molecule has 17 heavy (non-hydrogen) atoms. The molecular weight excluding hydrogens is 220 g/mol. The first kappa shape index (κ1) is 11.7. The highest BCUT2D eigenvalue weighted by atomic mass is 16.5. The lowest BCUT2D eigenvalue weighted by Crippen LogP contribution is -2.12. The first-order valence-electron chi connectivity index (χ1n) is 5.46. The molecule has 2 rings (SSSR count). The molecule has 0 aliphatic heterocycles. The Hall–Kier alpha value is -1.81. The van der Waals surface area contributed by atoms with E-state index >= 15 is 0 Å². The van der Waals surface area contributed by atoms with E-state index in [4.69, 9.17) is 14.3 Å². The van der Waals surface area contributed by atoms with Gasteiger partial charge in [0.25, 0.3) is 0 Å². The van der Waals surface area contributed by atoms with Crippen LogP contribution in [0.1, 0.15) is 6.92 Å². The Balaban J connectivity index is 2.22. The van der Waals surface area contributed by atoms with Crippen LogP contribution in [0.5, 0.6) is 5.75 Å². The van der Waals surface area contributed by atoms with Crippen molar-refractivity contribution in [3.8, 4) is 5.75 Å². The quantitative estimate of drug-likeness (QED) is 0.819. The molecule has 0 aliphatic rings. The van der Waals surface area contributed by atoms with Crippen molar-refractivity contribution in [3.05, 3.63) is 40.8 Å². The molecule has 2 aromatic rings. The average Bonchev–Trinajstić information content (AvgIpc) is 2.35. The number of aliphatic hydroxyl groups excluding tert-OH is 1. The number of aliphatic hydroxyl groups is 1. The second-order valence-electron chi connectivity index (χ2n) is 4.05. The highest BCUT2D eigenvalue weighted by Gasteiger charge is 2.03. The summed E-state index contributed by atoms with van der Waals surface area (Å²) in [6, 6.07) is 8.42. The van der Waals surface area contributed by atoms with Gasteiger partial charge >= 0.3 is 5.63 Å². The van der Waals surface area contributed by atoms with Crippen molar-refractivity contribution < 1.29 is 14.3 Å². The van der Waals surface area contributed by atoms with E-state index in [0.717, 1.165) is 5.39 Å². The molecule has 0 spiro atoms. The van der Waals surface area contributed by atoms with E-state index < -0.39 is 0 Å². The highest BCUT2D eigenvalue weighted by Crippen LogP contribution is 2.19. The summed E-state index contributed by atoms with van der Waals surface area (Å²) in [5.74, 6) is 0.709. The molecule has 1 atom stereocenters. The topological polar surface area (TPSA) is 59.7 Å². The highest BCUT2D eigenvalue weighted by molar-refractivity contribution is 5.77. The number of rotatable bonds is 4. The third-order valence-electron chi connectivity index (χ3n) is 2.44. The van der Waals surface area contributed by atoms with Crippen molar-refractivity contribution in [2.75, 3.05) is 13.2 Å². The van der Waals surface area contributed by atoms with Crippen LogP contribution in [-0.2, 0) is 0 Å². The molecule has 0 saturated heterocycles. The van der Waals surface area contributed by atoms with Gasteiger partial charge in [-0.25, -0.2) is 4.79 Å². The van der Waals surface area contributed by atoms with Gasteiger partial charge in [0.15, 0.2) is 0 Å². The van der Waals surface area contributed by atoms with E-state index in [0.29, 0.717) is 17.9 Å². The van der Waals surface area contributed by atoms with Gasteiger partial charge < -0.3 is 14.3 Å². The van der Waals surface area contributed by atoms with Gasteiger partial charge in [0.1, 0.15) is 11.3 Å². The second kappa shape index (κ2) is 5.01. The predicted molar refractivity (Wildman–Crippen MR) is 64.2 cm³/mol. The van der Waals surface area contributed by atoms with Crippen LogP contribution in [0.2, 0.25) is 0 Å². The fourth-order valence-corrected chi connectivity index (χ4v) is 1.42. The van der Waals surface area contributed by atoms with Gasteiger partial charge in [0.05, 0.1) is 6.61 Å². The Bertz CT molecular complexity index is 559. The van der Waals surface area contributed by atoms with Crippen LogP contribution in [0.25, 0.3) is 11.0 Å². The van der Waals surface area contributed by atoms with Crippen LogP contribution in [-0.4, -0.2) is 18.3 Å². The van der Waals surface area contributed by atoms with E-state index in [2.05, 4.69) is 0 Å². The van der Waals surface area contributed by atoms with Crippen molar-refractivity contribution >= 4 is 11.0 Å². The molecule has 0 bridgehead atoms. The lowest BCUT2D eigenvalue weighted by molar-refractivity contribution is 0.174. The zero-order valence-corrected chi connectivity index (χ0v) is 9.55. The van der Waals surface area contributed by atoms with Gasteiger partial charge in [-0.15, -0.1) is 0 Å². The normalized spacial score (nSPS) is 12.6. The largest absolute Gasteiger partial charge is 0.493 e. The fraction of sp³-hybridized carbons (Fsp3) is 0.308. The van der Waals surface area contributed by atoms with E-state index in [-0.39, 0.29) is 18.2 Å². The van der Waals surface area contributed by atoms with Crippen molar-refractivity contribution in [1.29, 1.82) is 0 Å². The third-order valence-corrected chi connectivity index (χ3v) is 2.44. The molecular formula is C13H14O4. The average molecular weight is 234 g/mol. The number of hydrogen-bond donors (Lipinski definition) is 1. The molecule has 4 nitrogen and oxygen atoms in total. The van der Waals surface area contributed by atoms with Crippen LogP contribution in [0, 0.1) is 5.92 Å². The second-order valence-corrected chi connectivity index (χ2v) is 4.05. The summed E-state index contributed by atoms with van der Waals surface area (Å²) in [5.41, 5.74) is 0.130. The standard InChI is InChI=1S/C13H14O4/c1-9(7-14)8-16-11-4-2-10-3-5-13(15)17-12(10)6-11/h2-6,9,14H,7-8H2,1H3/t9-/m1/s1. The van der Waals surface area contributed by atoms with Crippen LogP contribution < -0.4 is 10.4 Å². The van der Waals surface area contributed by atoms with Crippen molar-refractivity contribution in [3.63, 3.8) is 0 Å². The SMILES string of the molecule is C[C@H](CO)COc1ccc2ccc(=O)oc2c1. The maximum Gasteiger partial charge on any atom is 0.336 e. The van der Waals surface area contributed by atoms with Crippen molar-refractivity contribution in [2.45, 2.75) is 6.92 Å². The van der Waals surface area contributed by atoms with Gasteiger partial charge in [-0.05, 0) is 18.2 Å². The zero-order chi connectivity index (χ0) is 12.3. The summed E-state index contributed by atoms with van der Waals surface area (Å²) >= 11 is 0. The van der Waals surface area contributed by atoms with E-state index in [1.54, 1.807) is 12.1 Å². The third kappa shape index (κ3) is 2.85. The van der Waals surface area contributed by atoms with Crippen LogP contribution >= 0.6 is 0 Å². The minimum atomic E-state index is -0.377. The number of hydrogen-bond acceptors (Lipinski definition) is 4. The van der Waals surface area contributed by atoms with Gasteiger partial charge in [-0.3, -0.25) is 0 Å².